The monoisotopic (exact) mass is 328 g/mol. The Labute approximate surface area is 132 Å². The molecule has 0 heterocycles. The molecule has 1 saturated carbocycles. The van der Waals surface area contributed by atoms with Gasteiger partial charge in [0.25, 0.3) is 0 Å². The highest BCUT2D eigenvalue weighted by molar-refractivity contribution is 8.00. The molecule has 0 amide bonds. The third-order valence-corrected chi connectivity index (χ3v) is 6.52. The van der Waals surface area contributed by atoms with Crippen molar-refractivity contribution in [3.05, 3.63) is 24.3 Å². The molecule has 2 rings (SSSR count). The zero-order chi connectivity index (χ0) is 15.3. The number of hydrogen-bond acceptors (Lipinski definition) is 4. The number of nitrogens with one attached hydrogen (secondary N) is 2. The van der Waals surface area contributed by atoms with Crippen LogP contribution in [0.15, 0.2) is 29.2 Å². The molecule has 1 fully saturated rings. The first-order chi connectivity index (χ1) is 10.1. The van der Waals surface area contributed by atoms with Gasteiger partial charge in [-0.05, 0) is 49.8 Å². The number of thioether (sulfide) groups is 1. The number of anilines is 1. The molecule has 2 N–H and O–H groups in total. The van der Waals surface area contributed by atoms with Crippen molar-refractivity contribution in [2.45, 2.75) is 49.3 Å². The van der Waals surface area contributed by atoms with Crippen LogP contribution in [-0.2, 0) is 10.0 Å². The molecule has 1 aliphatic rings. The number of rotatable bonds is 7. The Kier molecular flexibility index (Phi) is 5.96. The lowest BCUT2D eigenvalue weighted by atomic mass is 10.3. The molecule has 21 heavy (non-hydrogen) atoms. The third-order valence-electron chi connectivity index (χ3n) is 3.69. The van der Waals surface area contributed by atoms with Crippen LogP contribution in [0, 0.1) is 0 Å². The van der Waals surface area contributed by atoms with Gasteiger partial charge in [-0.3, -0.25) is 0 Å². The highest BCUT2D eigenvalue weighted by Crippen LogP contribution is 2.31. The van der Waals surface area contributed by atoms with Crippen LogP contribution in [0.4, 0.5) is 5.69 Å². The molecule has 0 saturated heterocycles. The molecule has 2 atom stereocenters. The first-order valence-corrected chi connectivity index (χ1v) is 10.1. The van der Waals surface area contributed by atoms with Crippen molar-refractivity contribution in [3.8, 4) is 0 Å². The summed E-state index contributed by atoms with van der Waals surface area (Å²) in [6.07, 6.45) is 3.14. The molecule has 0 spiro atoms. The molecule has 0 bridgehead atoms. The average Bonchev–Trinajstić information content (AvgIpc) is 2.87. The second-order valence-electron chi connectivity index (χ2n) is 5.21. The minimum Gasteiger partial charge on any atom is -0.385 e. The van der Waals surface area contributed by atoms with Crippen LogP contribution >= 0.6 is 11.8 Å². The quantitative estimate of drug-likeness (QED) is 0.807. The van der Waals surface area contributed by atoms with E-state index >= 15 is 0 Å². The van der Waals surface area contributed by atoms with Crippen LogP contribution in [0.25, 0.3) is 0 Å². The molecular weight excluding hydrogens is 304 g/mol. The highest BCUT2D eigenvalue weighted by atomic mass is 32.2. The van der Waals surface area contributed by atoms with Crippen molar-refractivity contribution in [1.29, 1.82) is 0 Å². The van der Waals surface area contributed by atoms with Crippen LogP contribution in [0.1, 0.15) is 33.1 Å². The van der Waals surface area contributed by atoms with E-state index in [0.717, 1.165) is 37.2 Å². The summed E-state index contributed by atoms with van der Waals surface area (Å²) in [6.45, 7) is 4.95. The molecule has 0 radical (unpaired) electrons. The highest BCUT2D eigenvalue weighted by Gasteiger charge is 2.31. The van der Waals surface area contributed by atoms with E-state index < -0.39 is 10.0 Å². The van der Waals surface area contributed by atoms with Gasteiger partial charge in [-0.2, -0.15) is 11.8 Å². The number of sulfonamides is 1. The molecule has 1 aromatic rings. The minimum absolute atomic E-state index is 0.0633. The fourth-order valence-electron chi connectivity index (χ4n) is 2.70. The zero-order valence-electron chi connectivity index (χ0n) is 12.6. The van der Waals surface area contributed by atoms with Crippen molar-refractivity contribution >= 4 is 27.5 Å². The van der Waals surface area contributed by atoms with E-state index in [-0.39, 0.29) is 6.04 Å². The maximum absolute atomic E-state index is 12.5. The van der Waals surface area contributed by atoms with Gasteiger partial charge >= 0.3 is 0 Å². The van der Waals surface area contributed by atoms with E-state index in [0.29, 0.717) is 10.1 Å². The first kappa shape index (κ1) is 16.6. The summed E-state index contributed by atoms with van der Waals surface area (Å²) in [5.74, 6) is 1.03. The minimum atomic E-state index is -3.42. The van der Waals surface area contributed by atoms with Crippen LogP contribution in [-0.4, -0.2) is 32.0 Å². The molecular formula is C15H24N2O2S2. The molecule has 6 heteroatoms. The predicted octanol–water partition coefficient (Wildman–Crippen LogP) is 3.07. The Morgan fingerprint density at radius 2 is 1.90 bits per heavy atom. The first-order valence-electron chi connectivity index (χ1n) is 7.54. The second-order valence-corrected chi connectivity index (χ2v) is 8.44. The lowest BCUT2D eigenvalue weighted by Crippen LogP contribution is -2.38. The normalized spacial score (nSPS) is 22.4. The molecule has 4 nitrogen and oxygen atoms in total. The van der Waals surface area contributed by atoms with Crippen LogP contribution in [0.5, 0.6) is 0 Å². The topological polar surface area (TPSA) is 58.2 Å². The van der Waals surface area contributed by atoms with Crippen LogP contribution in [0.2, 0.25) is 0 Å². The van der Waals surface area contributed by atoms with Gasteiger partial charge in [0.05, 0.1) is 4.90 Å². The summed E-state index contributed by atoms with van der Waals surface area (Å²) in [5, 5.41) is 3.57. The lowest BCUT2D eigenvalue weighted by Gasteiger charge is -2.20. The molecule has 1 aromatic carbocycles. The lowest BCUT2D eigenvalue weighted by molar-refractivity contribution is 0.555. The van der Waals surface area contributed by atoms with E-state index in [2.05, 4.69) is 17.0 Å². The van der Waals surface area contributed by atoms with Crippen molar-refractivity contribution in [2.24, 2.45) is 0 Å². The molecule has 118 valence electrons. The van der Waals surface area contributed by atoms with Crippen molar-refractivity contribution in [2.75, 3.05) is 17.6 Å². The molecule has 1 aliphatic carbocycles. The van der Waals surface area contributed by atoms with E-state index in [1.807, 2.05) is 30.8 Å². The fourth-order valence-corrected chi connectivity index (χ4v) is 5.29. The van der Waals surface area contributed by atoms with Gasteiger partial charge in [0.2, 0.25) is 10.0 Å². The Bertz CT molecular complexity index is 543. The molecule has 2 unspecified atom stereocenters. The standard InChI is InChI=1S/C15H24N2O2S2/c1-3-16-12-8-10-13(11-9-12)21(18,19)17-14-6-5-7-15(14)20-4-2/h8-11,14-17H,3-7H2,1-2H3. The maximum Gasteiger partial charge on any atom is 0.240 e. The van der Waals surface area contributed by atoms with Gasteiger partial charge in [-0.15, -0.1) is 0 Å². The van der Waals surface area contributed by atoms with E-state index in [1.165, 1.54) is 0 Å². The van der Waals surface area contributed by atoms with Gasteiger partial charge in [-0.1, -0.05) is 13.3 Å². The Balaban J connectivity index is 2.07. The van der Waals surface area contributed by atoms with Crippen molar-refractivity contribution < 1.29 is 8.42 Å². The van der Waals surface area contributed by atoms with Gasteiger partial charge < -0.3 is 5.32 Å². The fraction of sp³-hybridized carbons (Fsp3) is 0.600. The average molecular weight is 329 g/mol. The summed E-state index contributed by atoms with van der Waals surface area (Å²) < 4.78 is 27.8. The smallest absolute Gasteiger partial charge is 0.240 e. The Morgan fingerprint density at radius 3 is 2.52 bits per heavy atom. The number of benzene rings is 1. The SMILES string of the molecule is CCNc1ccc(S(=O)(=O)NC2CCCC2SCC)cc1. The van der Waals surface area contributed by atoms with Gasteiger partial charge in [0.1, 0.15) is 0 Å². The van der Waals surface area contributed by atoms with Gasteiger partial charge in [0, 0.05) is 23.5 Å². The van der Waals surface area contributed by atoms with Gasteiger partial charge in [-0.25, -0.2) is 13.1 Å². The summed E-state index contributed by atoms with van der Waals surface area (Å²) >= 11 is 1.85. The van der Waals surface area contributed by atoms with Crippen LogP contribution < -0.4 is 10.0 Å². The summed E-state index contributed by atoms with van der Waals surface area (Å²) in [6, 6.07) is 7.01. The van der Waals surface area contributed by atoms with E-state index in [1.54, 1.807) is 12.1 Å². The van der Waals surface area contributed by atoms with Crippen molar-refractivity contribution in [1.82, 2.24) is 4.72 Å². The summed E-state index contributed by atoms with van der Waals surface area (Å²) in [4.78, 5) is 0.344. The summed E-state index contributed by atoms with van der Waals surface area (Å²) in [7, 11) is -3.42. The van der Waals surface area contributed by atoms with Gasteiger partial charge in [0.15, 0.2) is 0 Å². The number of hydrogen-bond donors (Lipinski definition) is 2. The largest absolute Gasteiger partial charge is 0.385 e. The van der Waals surface area contributed by atoms with E-state index in [4.69, 9.17) is 0 Å². The Morgan fingerprint density at radius 1 is 1.19 bits per heavy atom. The zero-order valence-corrected chi connectivity index (χ0v) is 14.3. The summed E-state index contributed by atoms with van der Waals surface area (Å²) in [5.41, 5.74) is 0.941. The Hall–Kier alpha value is -0.720. The molecule has 0 aliphatic heterocycles. The van der Waals surface area contributed by atoms with Crippen LogP contribution in [0.3, 0.4) is 0 Å². The maximum atomic E-state index is 12.5. The van der Waals surface area contributed by atoms with E-state index in [9.17, 15) is 8.42 Å². The van der Waals surface area contributed by atoms with Crippen molar-refractivity contribution in [3.63, 3.8) is 0 Å². The third kappa shape index (κ3) is 4.37. The predicted molar refractivity (Wildman–Crippen MR) is 90.5 cm³/mol. The second kappa shape index (κ2) is 7.51. The molecule has 0 aromatic heterocycles.